The Morgan fingerprint density at radius 1 is 1.35 bits per heavy atom. The monoisotopic (exact) mass is 371 g/mol. The summed E-state index contributed by atoms with van der Waals surface area (Å²) < 4.78 is 45.7. The van der Waals surface area contributed by atoms with Crippen LogP contribution < -0.4 is 4.74 Å². The van der Waals surface area contributed by atoms with E-state index >= 15 is 0 Å². The van der Waals surface area contributed by atoms with Gasteiger partial charge in [0.25, 0.3) is 0 Å². The van der Waals surface area contributed by atoms with E-state index < -0.39 is 11.9 Å². The van der Waals surface area contributed by atoms with Gasteiger partial charge in [0.15, 0.2) is 5.71 Å². The van der Waals surface area contributed by atoms with E-state index in [-0.39, 0.29) is 17.4 Å². The highest BCUT2D eigenvalue weighted by molar-refractivity contribution is 6.07. The van der Waals surface area contributed by atoms with Gasteiger partial charge in [0.05, 0.1) is 24.7 Å². The van der Waals surface area contributed by atoms with Gasteiger partial charge >= 0.3 is 6.18 Å². The molecule has 0 aliphatic heterocycles. The van der Waals surface area contributed by atoms with Gasteiger partial charge < -0.3 is 14.5 Å². The van der Waals surface area contributed by atoms with E-state index in [0.717, 1.165) is 25.8 Å². The summed E-state index contributed by atoms with van der Waals surface area (Å²) in [6, 6.07) is 2.86. The Kier molecular flexibility index (Phi) is 6.50. The zero-order chi connectivity index (χ0) is 19.3. The summed E-state index contributed by atoms with van der Waals surface area (Å²) >= 11 is 0. The van der Waals surface area contributed by atoms with Crippen molar-refractivity contribution in [2.75, 3.05) is 20.7 Å². The Bertz CT molecular complexity index is 683. The largest absolute Gasteiger partial charge is 0.496 e. The Hall–Kier alpha value is -2.25. The second-order valence-electron chi connectivity index (χ2n) is 6.25. The van der Waals surface area contributed by atoms with E-state index in [0.29, 0.717) is 11.3 Å². The highest BCUT2D eigenvalue weighted by atomic mass is 19.4. The van der Waals surface area contributed by atoms with Gasteiger partial charge in [0, 0.05) is 19.7 Å². The molecule has 0 amide bonds. The number of hydrogen-bond acceptors (Lipinski definition) is 4. The van der Waals surface area contributed by atoms with Crippen molar-refractivity contribution >= 4 is 17.7 Å². The van der Waals surface area contributed by atoms with Crippen LogP contribution in [0.1, 0.15) is 37.3 Å². The number of alkyl halides is 3. The number of oxime groups is 1. The Balaban J connectivity index is 2.41. The topological polar surface area (TPSA) is 46.4 Å². The van der Waals surface area contributed by atoms with Crippen molar-refractivity contribution in [3.05, 3.63) is 23.3 Å². The van der Waals surface area contributed by atoms with Crippen molar-refractivity contribution in [3.63, 3.8) is 0 Å². The van der Waals surface area contributed by atoms with Gasteiger partial charge in [0.1, 0.15) is 11.9 Å². The van der Waals surface area contributed by atoms with Gasteiger partial charge in [-0.15, -0.1) is 0 Å². The number of nitrogens with zero attached hydrogens (tertiary/aromatic N) is 3. The molecule has 5 nitrogen and oxygen atoms in total. The molecule has 0 N–H and O–H groups in total. The molecule has 0 radical (unpaired) electrons. The van der Waals surface area contributed by atoms with Gasteiger partial charge in [-0.2, -0.15) is 13.2 Å². The fourth-order valence-electron chi connectivity index (χ4n) is 2.27. The Labute approximate surface area is 151 Å². The summed E-state index contributed by atoms with van der Waals surface area (Å²) in [5.41, 5.74) is -0.125. The highest BCUT2D eigenvalue weighted by Gasteiger charge is 2.40. The van der Waals surface area contributed by atoms with Crippen LogP contribution >= 0.6 is 0 Å². The molecule has 2 rings (SSSR count). The van der Waals surface area contributed by atoms with E-state index in [1.807, 2.05) is 18.9 Å². The lowest BCUT2D eigenvalue weighted by atomic mass is 9.97. The van der Waals surface area contributed by atoms with Crippen LogP contribution in [-0.4, -0.2) is 49.9 Å². The molecule has 0 bridgehead atoms. The summed E-state index contributed by atoms with van der Waals surface area (Å²) in [5, 5.41) is 3.42. The Morgan fingerprint density at radius 3 is 2.54 bits per heavy atom. The number of ether oxygens (including phenoxy) is 1. The maximum atomic E-state index is 13.5. The van der Waals surface area contributed by atoms with E-state index in [1.165, 1.54) is 19.2 Å². The van der Waals surface area contributed by atoms with Crippen LogP contribution in [0.5, 0.6) is 5.75 Å². The number of hydrogen-bond donors (Lipinski definition) is 0. The highest BCUT2D eigenvalue weighted by Crippen LogP contribution is 2.34. The lowest BCUT2D eigenvalue weighted by Gasteiger charge is -2.23. The van der Waals surface area contributed by atoms with E-state index in [4.69, 9.17) is 9.57 Å². The lowest BCUT2D eigenvalue weighted by molar-refractivity contribution is -0.0660. The van der Waals surface area contributed by atoms with Gasteiger partial charge in [-0.25, -0.2) is 4.99 Å². The summed E-state index contributed by atoms with van der Waals surface area (Å²) in [5.74, 6) is 0.0511. The number of rotatable bonds is 7. The summed E-state index contributed by atoms with van der Waals surface area (Å²) in [6.07, 6.45) is -0.875. The molecule has 1 fully saturated rings. The lowest BCUT2D eigenvalue weighted by Crippen LogP contribution is -2.27. The molecule has 1 aliphatic rings. The molecule has 26 heavy (non-hydrogen) atoms. The van der Waals surface area contributed by atoms with E-state index in [2.05, 4.69) is 10.1 Å². The fraction of sp³-hybridized carbons (Fsp3) is 0.556. The first-order valence-electron chi connectivity index (χ1n) is 8.50. The molecular weight excluding hydrogens is 347 g/mol. The molecule has 0 unspecified atom stereocenters. The second-order valence-corrected chi connectivity index (χ2v) is 6.25. The normalized spacial score (nSPS) is 15.9. The van der Waals surface area contributed by atoms with E-state index in [9.17, 15) is 13.2 Å². The minimum absolute atomic E-state index is 0.0511. The predicted octanol–water partition coefficient (Wildman–Crippen LogP) is 4.45. The summed E-state index contributed by atoms with van der Waals surface area (Å²) in [6.45, 7) is 4.43. The quantitative estimate of drug-likeness (QED) is 0.404. The molecule has 1 aliphatic carbocycles. The SMILES string of the molecule is CCN(C)C=Nc1cc(OC)c(C(=NOC2CCC2)C(F)(F)F)cc1C. The molecule has 1 aromatic rings. The summed E-state index contributed by atoms with van der Waals surface area (Å²) in [7, 11) is 3.18. The molecule has 1 saturated carbocycles. The van der Waals surface area contributed by atoms with Crippen molar-refractivity contribution in [1.29, 1.82) is 0 Å². The van der Waals surface area contributed by atoms with Crippen LogP contribution in [0.4, 0.5) is 18.9 Å². The van der Waals surface area contributed by atoms with E-state index in [1.54, 1.807) is 13.3 Å². The smallest absolute Gasteiger partial charge is 0.437 e. The van der Waals surface area contributed by atoms with Crippen molar-refractivity contribution in [3.8, 4) is 5.75 Å². The third-order valence-electron chi connectivity index (χ3n) is 4.28. The molecule has 1 aromatic carbocycles. The summed E-state index contributed by atoms with van der Waals surface area (Å²) in [4.78, 5) is 11.2. The second kappa shape index (κ2) is 8.42. The number of halogens is 3. The van der Waals surface area contributed by atoms with Crippen LogP contribution in [0.15, 0.2) is 22.3 Å². The van der Waals surface area contributed by atoms with Crippen LogP contribution in [0.3, 0.4) is 0 Å². The van der Waals surface area contributed by atoms with Crippen molar-refractivity contribution in [2.45, 2.75) is 45.4 Å². The van der Waals surface area contributed by atoms with Crippen molar-refractivity contribution in [2.24, 2.45) is 10.1 Å². The average Bonchev–Trinajstić information content (AvgIpc) is 2.54. The maximum Gasteiger partial charge on any atom is 0.437 e. The molecule has 0 atom stereocenters. The average molecular weight is 371 g/mol. The predicted molar refractivity (Wildman–Crippen MR) is 95.5 cm³/mol. The maximum absolute atomic E-state index is 13.5. The third-order valence-corrected chi connectivity index (χ3v) is 4.28. The van der Waals surface area contributed by atoms with Crippen molar-refractivity contribution < 1.29 is 22.7 Å². The number of aliphatic imine (C=N–C) groups is 1. The van der Waals surface area contributed by atoms with Crippen LogP contribution in [0, 0.1) is 6.92 Å². The first-order chi connectivity index (χ1) is 12.3. The van der Waals surface area contributed by atoms with Crippen LogP contribution in [0.2, 0.25) is 0 Å². The minimum Gasteiger partial charge on any atom is -0.496 e. The number of benzene rings is 1. The molecular formula is C18H24F3N3O2. The Morgan fingerprint density at radius 2 is 2.04 bits per heavy atom. The molecule has 0 aromatic heterocycles. The van der Waals surface area contributed by atoms with Crippen LogP contribution in [0.25, 0.3) is 0 Å². The van der Waals surface area contributed by atoms with Gasteiger partial charge in [-0.1, -0.05) is 5.16 Å². The number of methoxy groups -OCH3 is 1. The molecule has 0 spiro atoms. The van der Waals surface area contributed by atoms with Gasteiger partial charge in [0.2, 0.25) is 0 Å². The molecule has 8 heteroatoms. The first-order valence-corrected chi connectivity index (χ1v) is 8.50. The molecule has 144 valence electrons. The van der Waals surface area contributed by atoms with Crippen molar-refractivity contribution in [1.82, 2.24) is 4.90 Å². The third kappa shape index (κ3) is 4.89. The zero-order valence-electron chi connectivity index (χ0n) is 15.4. The first kappa shape index (κ1) is 20.1. The van der Waals surface area contributed by atoms with Crippen LogP contribution in [-0.2, 0) is 4.84 Å². The standard InChI is InChI=1S/C18H24F3N3O2/c1-5-24(3)11-22-15-10-16(25-4)14(9-12(15)2)17(18(19,20)21)23-26-13-7-6-8-13/h9-11,13H,5-8H2,1-4H3. The van der Waals surface area contributed by atoms with Gasteiger partial charge in [-0.3, -0.25) is 0 Å². The zero-order valence-corrected chi connectivity index (χ0v) is 15.4. The molecule has 0 saturated heterocycles. The number of aryl methyl sites for hydroxylation is 1. The fourth-order valence-corrected chi connectivity index (χ4v) is 2.27. The van der Waals surface area contributed by atoms with Gasteiger partial charge in [-0.05, 0) is 44.7 Å². The molecule has 0 heterocycles. The minimum atomic E-state index is -4.66.